The largest absolute Gasteiger partial charge is 0.328 e. The first-order valence-electron chi connectivity index (χ1n) is 5.12. The Labute approximate surface area is 97.1 Å². The third kappa shape index (κ3) is 1.72. The quantitative estimate of drug-likeness (QED) is 0.808. The van der Waals surface area contributed by atoms with E-state index in [2.05, 4.69) is 43.7 Å². The smallest absolute Gasteiger partial charge is 0.0953 e. The van der Waals surface area contributed by atoms with E-state index in [1.54, 1.807) is 0 Å². The van der Waals surface area contributed by atoms with Crippen LogP contribution in [0.25, 0.3) is 11.3 Å². The fourth-order valence-electron chi connectivity index (χ4n) is 1.82. The van der Waals surface area contributed by atoms with E-state index in [0.717, 1.165) is 4.47 Å². The Bertz CT molecular complexity index is 486. The Morgan fingerprint density at radius 1 is 1.33 bits per heavy atom. The second-order valence-electron chi connectivity index (χ2n) is 3.93. The number of imidazole rings is 1. The molecule has 1 aromatic heterocycles. The molecule has 3 heteroatoms. The lowest BCUT2D eigenvalue weighted by Crippen LogP contribution is -1.94. The Morgan fingerprint density at radius 2 is 2.20 bits per heavy atom. The van der Waals surface area contributed by atoms with Gasteiger partial charge in [0.1, 0.15) is 0 Å². The number of hydrogen-bond donors (Lipinski definition) is 0. The van der Waals surface area contributed by atoms with Crippen LogP contribution in [0.2, 0.25) is 0 Å². The molecule has 0 bridgehead atoms. The summed E-state index contributed by atoms with van der Waals surface area (Å²) in [5.74, 6) is 0. The topological polar surface area (TPSA) is 17.8 Å². The number of hydrogen-bond acceptors (Lipinski definition) is 1. The molecule has 0 radical (unpaired) electrons. The van der Waals surface area contributed by atoms with E-state index in [4.69, 9.17) is 0 Å². The molecular weight excluding hydrogens is 252 g/mol. The minimum Gasteiger partial charge on any atom is -0.328 e. The van der Waals surface area contributed by atoms with Crippen LogP contribution in [0.4, 0.5) is 0 Å². The van der Waals surface area contributed by atoms with Crippen molar-refractivity contribution >= 4 is 15.9 Å². The maximum atomic E-state index is 4.24. The second-order valence-corrected chi connectivity index (χ2v) is 4.84. The van der Waals surface area contributed by atoms with E-state index < -0.39 is 0 Å². The van der Waals surface area contributed by atoms with E-state index in [9.17, 15) is 0 Å². The average Bonchev–Trinajstić information content (AvgIpc) is 2.96. The first-order valence-corrected chi connectivity index (χ1v) is 5.91. The van der Waals surface area contributed by atoms with Crippen LogP contribution >= 0.6 is 15.9 Å². The molecule has 1 aromatic carbocycles. The number of aromatic nitrogens is 2. The van der Waals surface area contributed by atoms with Gasteiger partial charge in [-0.2, -0.15) is 0 Å². The van der Waals surface area contributed by atoms with Crippen molar-refractivity contribution in [2.45, 2.75) is 18.9 Å². The lowest BCUT2D eigenvalue weighted by molar-refractivity contribution is 0.748. The lowest BCUT2D eigenvalue weighted by Gasteiger charge is -2.06. The van der Waals surface area contributed by atoms with Gasteiger partial charge in [-0.05, 0) is 25.0 Å². The Morgan fingerprint density at radius 3 is 2.93 bits per heavy atom. The Balaban J connectivity index is 2.07. The summed E-state index contributed by atoms with van der Waals surface area (Å²) in [4.78, 5) is 4.24. The van der Waals surface area contributed by atoms with E-state index >= 15 is 0 Å². The first kappa shape index (κ1) is 9.16. The molecule has 1 aliphatic rings. The predicted octanol–water partition coefficient (Wildman–Crippen LogP) is 3.65. The van der Waals surface area contributed by atoms with Crippen LogP contribution in [-0.2, 0) is 0 Å². The maximum Gasteiger partial charge on any atom is 0.0953 e. The van der Waals surface area contributed by atoms with Gasteiger partial charge in [-0.3, -0.25) is 0 Å². The molecule has 2 nitrogen and oxygen atoms in total. The van der Waals surface area contributed by atoms with E-state index in [0.29, 0.717) is 6.04 Å². The van der Waals surface area contributed by atoms with Gasteiger partial charge in [-0.25, -0.2) is 4.98 Å². The van der Waals surface area contributed by atoms with Crippen molar-refractivity contribution in [2.24, 2.45) is 0 Å². The van der Waals surface area contributed by atoms with Crippen LogP contribution in [0.3, 0.4) is 0 Å². The van der Waals surface area contributed by atoms with Crippen molar-refractivity contribution in [2.75, 3.05) is 0 Å². The third-order valence-electron chi connectivity index (χ3n) is 2.73. The molecule has 1 saturated carbocycles. The molecule has 0 spiro atoms. The monoisotopic (exact) mass is 262 g/mol. The molecule has 0 saturated heterocycles. The molecule has 15 heavy (non-hydrogen) atoms. The maximum absolute atomic E-state index is 4.24. The number of halogens is 1. The molecule has 0 aliphatic heterocycles. The molecule has 0 atom stereocenters. The molecule has 0 N–H and O–H groups in total. The first-order chi connectivity index (χ1) is 7.34. The van der Waals surface area contributed by atoms with Crippen molar-refractivity contribution in [1.82, 2.24) is 9.55 Å². The van der Waals surface area contributed by atoms with Gasteiger partial charge in [-0.15, -0.1) is 0 Å². The molecule has 3 rings (SSSR count). The molecule has 2 aromatic rings. The van der Waals surface area contributed by atoms with Gasteiger partial charge in [0.15, 0.2) is 0 Å². The zero-order valence-electron chi connectivity index (χ0n) is 8.23. The molecule has 76 valence electrons. The highest BCUT2D eigenvalue weighted by atomic mass is 79.9. The highest BCUT2D eigenvalue weighted by Crippen LogP contribution is 2.38. The summed E-state index contributed by atoms with van der Waals surface area (Å²) >= 11 is 3.50. The van der Waals surface area contributed by atoms with Crippen LogP contribution in [0, 0.1) is 0 Å². The van der Waals surface area contributed by atoms with Gasteiger partial charge in [0, 0.05) is 16.1 Å². The van der Waals surface area contributed by atoms with E-state index in [1.165, 1.54) is 24.1 Å². The minimum atomic E-state index is 0.682. The minimum absolute atomic E-state index is 0.682. The zero-order valence-corrected chi connectivity index (χ0v) is 9.81. The molecule has 0 amide bonds. The van der Waals surface area contributed by atoms with Crippen molar-refractivity contribution in [3.05, 3.63) is 41.3 Å². The van der Waals surface area contributed by atoms with Crippen molar-refractivity contribution in [1.29, 1.82) is 0 Å². The fourth-order valence-corrected chi connectivity index (χ4v) is 2.22. The highest BCUT2D eigenvalue weighted by Gasteiger charge is 2.25. The molecular formula is C12H11BrN2. The van der Waals surface area contributed by atoms with Crippen LogP contribution < -0.4 is 0 Å². The SMILES string of the molecule is Brc1cccc(-c2cncn2C2CC2)c1. The summed E-state index contributed by atoms with van der Waals surface area (Å²) < 4.78 is 3.39. The van der Waals surface area contributed by atoms with Crippen molar-refractivity contribution < 1.29 is 0 Å². The summed E-state index contributed by atoms with van der Waals surface area (Å²) in [7, 11) is 0. The third-order valence-corrected chi connectivity index (χ3v) is 3.22. The second kappa shape index (κ2) is 3.49. The summed E-state index contributed by atoms with van der Waals surface area (Å²) in [5, 5.41) is 0. The van der Waals surface area contributed by atoms with Gasteiger partial charge >= 0.3 is 0 Å². The molecule has 1 aliphatic carbocycles. The fraction of sp³-hybridized carbons (Fsp3) is 0.250. The summed E-state index contributed by atoms with van der Waals surface area (Å²) in [6.45, 7) is 0. The van der Waals surface area contributed by atoms with Crippen LogP contribution in [0.15, 0.2) is 41.3 Å². The molecule has 0 unspecified atom stereocenters. The summed E-state index contributed by atoms with van der Waals surface area (Å²) in [6.07, 6.45) is 6.46. The molecule has 1 fully saturated rings. The van der Waals surface area contributed by atoms with Crippen LogP contribution in [0.1, 0.15) is 18.9 Å². The number of rotatable bonds is 2. The van der Waals surface area contributed by atoms with Crippen LogP contribution in [0.5, 0.6) is 0 Å². The number of benzene rings is 1. The standard InChI is InChI=1S/C12H11BrN2/c13-10-3-1-2-9(6-10)12-7-14-8-15(12)11-4-5-11/h1-3,6-8,11H,4-5H2. The van der Waals surface area contributed by atoms with Gasteiger partial charge in [0.25, 0.3) is 0 Å². The average molecular weight is 263 g/mol. The summed E-state index contributed by atoms with van der Waals surface area (Å²) in [5.41, 5.74) is 2.45. The number of nitrogens with zero attached hydrogens (tertiary/aromatic N) is 2. The van der Waals surface area contributed by atoms with Gasteiger partial charge < -0.3 is 4.57 Å². The predicted molar refractivity (Wildman–Crippen MR) is 63.6 cm³/mol. The zero-order chi connectivity index (χ0) is 10.3. The van der Waals surface area contributed by atoms with Gasteiger partial charge in [0.2, 0.25) is 0 Å². The Hall–Kier alpha value is -1.09. The van der Waals surface area contributed by atoms with E-state index in [-0.39, 0.29) is 0 Å². The highest BCUT2D eigenvalue weighted by molar-refractivity contribution is 9.10. The molecule has 1 heterocycles. The Kier molecular flexibility index (Phi) is 2.13. The van der Waals surface area contributed by atoms with Gasteiger partial charge in [0.05, 0.1) is 18.2 Å². The van der Waals surface area contributed by atoms with Crippen molar-refractivity contribution in [3.63, 3.8) is 0 Å². The van der Waals surface area contributed by atoms with Gasteiger partial charge in [-0.1, -0.05) is 28.1 Å². The lowest BCUT2D eigenvalue weighted by atomic mass is 10.2. The summed E-state index contributed by atoms with van der Waals surface area (Å²) in [6, 6.07) is 9.04. The van der Waals surface area contributed by atoms with Crippen LogP contribution in [-0.4, -0.2) is 9.55 Å². The normalized spacial score (nSPS) is 15.5. The van der Waals surface area contributed by atoms with Crippen molar-refractivity contribution in [3.8, 4) is 11.3 Å². The van der Waals surface area contributed by atoms with E-state index in [1.807, 2.05) is 18.6 Å².